The molecule has 1 saturated carbocycles. The first-order chi connectivity index (χ1) is 19.5. The molecule has 3 N–H and O–H groups in total. The van der Waals surface area contributed by atoms with Gasteiger partial charge in [-0.1, -0.05) is 0 Å². The van der Waals surface area contributed by atoms with Gasteiger partial charge in [0.25, 0.3) is 5.91 Å². The van der Waals surface area contributed by atoms with Gasteiger partial charge in [0, 0.05) is 60.9 Å². The first-order valence-corrected chi connectivity index (χ1v) is 13.7. The molecule has 40 heavy (non-hydrogen) atoms. The van der Waals surface area contributed by atoms with Crippen LogP contribution in [0.15, 0.2) is 60.9 Å². The van der Waals surface area contributed by atoms with Crippen LogP contribution in [-0.4, -0.2) is 61.0 Å². The molecule has 0 unspecified atom stereocenters. The average Bonchev–Trinajstić information content (AvgIpc) is 3.86. The number of carbonyl (C=O) groups is 3. The summed E-state index contributed by atoms with van der Waals surface area (Å²) in [5, 5.41) is 8.63. The average molecular weight is 543 g/mol. The van der Waals surface area contributed by atoms with Crippen LogP contribution in [0.5, 0.6) is 5.75 Å². The van der Waals surface area contributed by atoms with Crippen molar-refractivity contribution in [2.75, 3.05) is 43.5 Å². The molecular formula is C30H34N6O4. The van der Waals surface area contributed by atoms with E-state index in [1.165, 1.54) is 0 Å². The molecule has 10 heteroatoms. The van der Waals surface area contributed by atoms with Gasteiger partial charge >= 0.3 is 0 Å². The van der Waals surface area contributed by atoms with E-state index in [-0.39, 0.29) is 29.6 Å². The molecule has 0 atom stereocenters. The highest BCUT2D eigenvalue weighted by atomic mass is 16.5. The van der Waals surface area contributed by atoms with Crippen molar-refractivity contribution < 1.29 is 19.1 Å². The summed E-state index contributed by atoms with van der Waals surface area (Å²) in [5.74, 6) is 1.51. The first-order valence-electron chi connectivity index (χ1n) is 13.7. The van der Waals surface area contributed by atoms with Gasteiger partial charge in [0.15, 0.2) is 0 Å². The highest BCUT2D eigenvalue weighted by Crippen LogP contribution is 2.30. The maximum absolute atomic E-state index is 12.7. The number of aromatic nitrogens is 2. The first kappa shape index (κ1) is 27.1. The fourth-order valence-corrected chi connectivity index (χ4v) is 4.71. The van der Waals surface area contributed by atoms with Crippen molar-refractivity contribution in [2.45, 2.75) is 25.7 Å². The second-order valence-electron chi connectivity index (χ2n) is 10.1. The summed E-state index contributed by atoms with van der Waals surface area (Å²) in [6, 6.07) is 16.5. The lowest BCUT2D eigenvalue weighted by Gasteiger charge is -2.32. The number of methoxy groups -OCH3 is 1. The molecule has 1 aliphatic carbocycles. The van der Waals surface area contributed by atoms with Crippen LogP contribution in [0.25, 0.3) is 11.3 Å². The maximum Gasteiger partial charge on any atom is 0.251 e. The quantitative estimate of drug-likeness (QED) is 0.336. The van der Waals surface area contributed by atoms with Crippen LogP contribution in [-0.2, 0) is 9.59 Å². The molecule has 3 aromatic rings. The lowest BCUT2D eigenvalue weighted by Crippen LogP contribution is -2.42. The van der Waals surface area contributed by atoms with E-state index in [0.717, 1.165) is 61.6 Å². The van der Waals surface area contributed by atoms with Crippen molar-refractivity contribution >= 4 is 29.2 Å². The summed E-state index contributed by atoms with van der Waals surface area (Å²) >= 11 is 0. The topological polar surface area (TPSA) is 126 Å². The summed E-state index contributed by atoms with van der Waals surface area (Å²) in [4.78, 5) is 48.0. The molecule has 0 spiro atoms. The van der Waals surface area contributed by atoms with E-state index in [0.29, 0.717) is 24.3 Å². The van der Waals surface area contributed by atoms with Gasteiger partial charge in [-0.05, 0) is 74.2 Å². The van der Waals surface area contributed by atoms with E-state index in [1.54, 1.807) is 37.7 Å². The maximum atomic E-state index is 12.7. The molecule has 1 saturated heterocycles. The van der Waals surface area contributed by atoms with Crippen LogP contribution in [0.4, 0.5) is 11.5 Å². The summed E-state index contributed by atoms with van der Waals surface area (Å²) < 4.78 is 5.23. The number of hydrogen-bond donors (Lipinski definition) is 3. The Morgan fingerprint density at radius 3 is 2.20 bits per heavy atom. The molecule has 2 aliphatic rings. The molecule has 2 fully saturated rings. The van der Waals surface area contributed by atoms with Crippen LogP contribution in [0, 0.1) is 11.8 Å². The van der Waals surface area contributed by atoms with Crippen LogP contribution < -0.4 is 25.6 Å². The molecule has 208 valence electrons. The molecule has 3 amide bonds. The standard InChI is InChI=1S/C30H34N6O4/c1-40-25-10-6-20(7-11-25)26-18-27(34-19-33-26)36-16-12-23(13-17-36)29(38)32-15-14-31-28(37)21-4-8-24(9-5-21)35-30(39)22-2-3-22/h4-11,18-19,22-23H,2-3,12-17H2,1H3,(H,31,37)(H,32,38)(H,35,39). The van der Waals surface area contributed by atoms with Crippen molar-refractivity contribution in [3.05, 3.63) is 66.5 Å². The Hall–Kier alpha value is -4.47. The van der Waals surface area contributed by atoms with E-state index in [4.69, 9.17) is 4.74 Å². The van der Waals surface area contributed by atoms with Crippen molar-refractivity contribution in [3.63, 3.8) is 0 Å². The molecule has 5 rings (SSSR count). The number of hydrogen-bond acceptors (Lipinski definition) is 7. The Kier molecular flexibility index (Phi) is 8.53. The van der Waals surface area contributed by atoms with Crippen LogP contribution in [0.1, 0.15) is 36.0 Å². The molecule has 10 nitrogen and oxygen atoms in total. The molecule has 0 radical (unpaired) electrons. The summed E-state index contributed by atoms with van der Waals surface area (Å²) in [6.07, 6.45) is 4.91. The second-order valence-corrected chi connectivity index (χ2v) is 10.1. The Bertz CT molecular complexity index is 1330. The highest BCUT2D eigenvalue weighted by molar-refractivity contribution is 5.96. The number of ether oxygens (including phenoxy) is 1. The number of nitrogens with zero attached hydrogens (tertiary/aromatic N) is 3. The van der Waals surface area contributed by atoms with Gasteiger partial charge in [0.2, 0.25) is 11.8 Å². The van der Waals surface area contributed by atoms with Crippen LogP contribution >= 0.6 is 0 Å². The molecule has 0 bridgehead atoms. The zero-order valence-corrected chi connectivity index (χ0v) is 22.6. The second kappa shape index (κ2) is 12.6. The van der Waals surface area contributed by atoms with Gasteiger partial charge in [-0.2, -0.15) is 0 Å². The Labute approximate surface area is 233 Å². The highest BCUT2D eigenvalue weighted by Gasteiger charge is 2.29. The number of carbonyl (C=O) groups excluding carboxylic acids is 3. The monoisotopic (exact) mass is 542 g/mol. The van der Waals surface area contributed by atoms with Crippen molar-refractivity contribution in [2.24, 2.45) is 11.8 Å². The lowest BCUT2D eigenvalue weighted by atomic mass is 9.96. The third-order valence-corrected chi connectivity index (χ3v) is 7.30. The summed E-state index contributed by atoms with van der Waals surface area (Å²) in [6.45, 7) is 2.14. The van der Waals surface area contributed by atoms with Gasteiger partial charge in [-0.25, -0.2) is 9.97 Å². The van der Waals surface area contributed by atoms with Gasteiger partial charge in [-0.15, -0.1) is 0 Å². The number of nitrogens with one attached hydrogen (secondary N) is 3. The number of benzene rings is 2. The van der Waals surface area contributed by atoms with E-state index in [2.05, 4.69) is 30.8 Å². The number of anilines is 2. The van der Waals surface area contributed by atoms with Crippen molar-refractivity contribution in [1.29, 1.82) is 0 Å². The minimum absolute atomic E-state index is 0.00580. The smallest absolute Gasteiger partial charge is 0.251 e. The van der Waals surface area contributed by atoms with E-state index in [1.807, 2.05) is 30.3 Å². The zero-order chi connectivity index (χ0) is 27.9. The van der Waals surface area contributed by atoms with E-state index < -0.39 is 0 Å². The van der Waals surface area contributed by atoms with Crippen LogP contribution in [0.3, 0.4) is 0 Å². The minimum Gasteiger partial charge on any atom is -0.497 e. The van der Waals surface area contributed by atoms with Crippen molar-refractivity contribution in [3.8, 4) is 17.0 Å². The predicted octanol–water partition coefficient (Wildman–Crippen LogP) is 3.26. The van der Waals surface area contributed by atoms with Gasteiger partial charge in [0.05, 0.1) is 12.8 Å². The number of piperidine rings is 1. The fraction of sp³-hybridized carbons (Fsp3) is 0.367. The van der Waals surface area contributed by atoms with Gasteiger partial charge < -0.3 is 25.6 Å². The largest absolute Gasteiger partial charge is 0.497 e. The van der Waals surface area contributed by atoms with Gasteiger partial charge in [-0.3, -0.25) is 14.4 Å². The van der Waals surface area contributed by atoms with Crippen molar-refractivity contribution in [1.82, 2.24) is 20.6 Å². The number of rotatable bonds is 10. The normalized spacial score (nSPS) is 15.3. The zero-order valence-electron chi connectivity index (χ0n) is 22.6. The summed E-state index contributed by atoms with van der Waals surface area (Å²) in [7, 11) is 1.64. The van der Waals surface area contributed by atoms with Crippen LogP contribution in [0.2, 0.25) is 0 Å². The third-order valence-electron chi connectivity index (χ3n) is 7.30. The Morgan fingerprint density at radius 2 is 1.52 bits per heavy atom. The molecule has 2 heterocycles. The molecule has 1 aliphatic heterocycles. The lowest BCUT2D eigenvalue weighted by molar-refractivity contribution is -0.125. The molecule has 1 aromatic heterocycles. The predicted molar refractivity (Wildman–Crippen MR) is 152 cm³/mol. The minimum atomic E-state index is -0.221. The van der Waals surface area contributed by atoms with Gasteiger partial charge in [0.1, 0.15) is 17.9 Å². The Balaban J connectivity index is 1.02. The van der Waals surface area contributed by atoms with E-state index >= 15 is 0 Å². The summed E-state index contributed by atoms with van der Waals surface area (Å²) in [5.41, 5.74) is 3.01. The number of amides is 3. The third kappa shape index (κ3) is 6.93. The SMILES string of the molecule is COc1ccc(-c2cc(N3CCC(C(=O)NCCNC(=O)c4ccc(NC(=O)C5CC5)cc4)CC3)ncn2)cc1. The Morgan fingerprint density at radius 1 is 0.850 bits per heavy atom. The molecule has 2 aromatic carbocycles. The molecular weight excluding hydrogens is 508 g/mol. The van der Waals surface area contributed by atoms with E-state index in [9.17, 15) is 14.4 Å². The fourth-order valence-electron chi connectivity index (χ4n) is 4.71.